The summed E-state index contributed by atoms with van der Waals surface area (Å²) in [5, 5.41) is 0. The highest BCUT2D eigenvalue weighted by atomic mass is 19.4. The van der Waals surface area contributed by atoms with Gasteiger partial charge in [-0.15, -0.1) is 0 Å². The predicted octanol–water partition coefficient (Wildman–Crippen LogP) is 2.88. The van der Waals surface area contributed by atoms with Crippen LogP contribution in [0.25, 0.3) is 0 Å². The van der Waals surface area contributed by atoms with Crippen molar-refractivity contribution in [2.75, 3.05) is 4.90 Å². The molecule has 102 valence electrons. The van der Waals surface area contributed by atoms with Gasteiger partial charge in [0.15, 0.2) is 0 Å². The highest BCUT2D eigenvalue weighted by molar-refractivity contribution is 6.22. The Morgan fingerprint density at radius 3 is 2.32 bits per heavy atom. The lowest BCUT2D eigenvalue weighted by Crippen LogP contribution is -2.38. The minimum Gasteiger partial charge on any atom is -0.274 e. The molecule has 0 saturated carbocycles. The van der Waals surface area contributed by atoms with Crippen molar-refractivity contribution in [3.63, 3.8) is 0 Å². The molecule has 1 heterocycles. The third-order valence-electron chi connectivity index (χ3n) is 3.29. The van der Waals surface area contributed by atoms with Crippen molar-refractivity contribution in [1.82, 2.24) is 0 Å². The lowest BCUT2D eigenvalue weighted by Gasteiger charge is -2.17. The number of anilines is 1. The lowest BCUT2D eigenvalue weighted by atomic mass is 9.85. The topological polar surface area (TPSA) is 37.4 Å². The van der Waals surface area contributed by atoms with Crippen LogP contribution in [0, 0.1) is 0 Å². The van der Waals surface area contributed by atoms with Gasteiger partial charge in [0.2, 0.25) is 11.8 Å². The van der Waals surface area contributed by atoms with Gasteiger partial charge in [-0.25, -0.2) is 4.90 Å². The minimum absolute atomic E-state index is 0.225. The summed E-state index contributed by atoms with van der Waals surface area (Å²) in [5.74, 6) is -1.01. The summed E-state index contributed by atoms with van der Waals surface area (Å²) < 4.78 is 38.1. The Balaban J connectivity index is 2.66. The standard InChI is InChI=1S/C13H12F3NO2/c1-7(18)17-10-5-4-8(13(14,15)16)6-9(10)12(2,3)11(17)19/h4-6H,1-3H3. The van der Waals surface area contributed by atoms with Crippen LogP contribution < -0.4 is 4.90 Å². The van der Waals surface area contributed by atoms with Crippen molar-refractivity contribution in [3.8, 4) is 0 Å². The first-order valence-electron chi connectivity index (χ1n) is 5.63. The van der Waals surface area contributed by atoms with Gasteiger partial charge in [0.05, 0.1) is 16.7 Å². The number of nitrogens with zero attached hydrogens (tertiary/aromatic N) is 1. The molecule has 1 aromatic rings. The van der Waals surface area contributed by atoms with Crippen LogP contribution in [0.4, 0.5) is 18.9 Å². The first kappa shape index (κ1) is 13.6. The molecule has 0 radical (unpaired) electrons. The highest BCUT2D eigenvalue weighted by Gasteiger charge is 2.46. The van der Waals surface area contributed by atoms with E-state index in [1.165, 1.54) is 26.8 Å². The van der Waals surface area contributed by atoms with Crippen LogP contribution in [0.1, 0.15) is 31.9 Å². The van der Waals surface area contributed by atoms with E-state index in [0.29, 0.717) is 0 Å². The molecule has 0 N–H and O–H groups in total. The molecular weight excluding hydrogens is 259 g/mol. The average Bonchev–Trinajstić information content (AvgIpc) is 2.46. The fourth-order valence-corrected chi connectivity index (χ4v) is 2.22. The maximum Gasteiger partial charge on any atom is 0.416 e. The molecule has 19 heavy (non-hydrogen) atoms. The van der Waals surface area contributed by atoms with Gasteiger partial charge in [-0.1, -0.05) is 0 Å². The second kappa shape index (κ2) is 3.82. The first-order chi connectivity index (χ1) is 8.56. The zero-order valence-corrected chi connectivity index (χ0v) is 10.6. The number of halogens is 3. The van der Waals surface area contributed by atoms with Crippen molar-refractivity contribution >= 4 is 17.5 Å². The Kier molecular flexibility index (Phi) is 2.73. The quantitative estimate of drug-likeness (QED) is 0.727. The molecule has 0 aliphatic carbocycles. The Bertz CT molecular complexity index is 576. The van der Waals surface area contributed by atoms with E-state index in [1.807, 2.05) is 0 Å². The van der Waals surface area contributed by atoms with Gasteiger partial charge in [0.25, 0.3) is 0 Å². The van der Waals surface area contributed by atoms with Crippen LogP contribution in [0.3, 0.4) is 0 Å². The van der Waals surface area contributed by atoms with E-state index in [1.54, 1.807) is 0 Å². The maximum atomic E-state index is 12.7. The number of hydrogen-bond acceptors (Lipinski definition) is 2. The van der Waals surface area contributed by atoms with Gasteiger partial charge in [-0.3, -0.25) is 9.59 Å². The normalized spacial score (nSPS) is 17.6. The highest BCUT2D eigenvalue weighted by Crippen LogP contribution is 2.44. The van der Waals surface area contributed by atoms with Crippen LogP contribution in [0.5, 0.6) is 0 Å². The molecule has 2 amide bonds. The number of alkyl halides is 3. The van der Waals surface area contributed by atoms with E-state index >= 15 is 0 Å². The summed E-state index contributed by atoms with van der Waals surface area (Å²) >= 11 is 0. The average molecular weight is 271 g/mol. The Labute approximate surface area is 108 Å². The fourth-order valence-electron chi connectivity index (χ4n) is 2.22. The lowest BCUT2D eigenvalue weighted by molar-refractivity contribution is -0.137. The molecule has 1 aliphatic rings. The van der Waals surface area contributed by atoms with Crippen molar-refractivity contribution in [2.24, 2.45) is 0 Å². The predicted molar refractivity (Wildman–Crippen MR) is 62.6 cm³/mol. The van der Waals surface area contributed by atoms with Crippen LogP contribution in [-0.4, -0.2) is 11.8 Å². The summed E-state index contributed by atoms with van der Waals surface area (Å²) in [6.45, 7) is 4.23. The van der Waals surface area contributed by atoms with Crippen molar-refractivity contribution in [2.45, 2.75) is 32.4 Å². The number of amides is 2. The van der Waals surface area contributed by atoms with Gasteiger partial charge in [0, 0.05) is 6.92 Å². The number of fused-ring (bicyclic) bond motifs is 1. The monoisotopic (exact) mass is 271 g/mol. The minimum atomic E-state index is -4.47. The van der Waals surface area contributed by atoms with Crippen molar-refractivity contribution in [1.29, 1.82) is 0 Å². The van der Waals surface area contributed by atoms with Gasteiger partial charge < -0.3 is 0 Å². The van der Waals surface area contributed by atoms with Crippen LogP contribution in [-0.2, 0) is 21.2 Å². The Hall–Kier alpha value is -1.85. The summed E-state index contributed by atoms with van der Waals surface area (Å²) in [4.78, 5) is 24.5. The van der Waals surface area contributed by atoms with Gasteiger partial charge in [0.1, 0.15) is 0 Å². The number of benzene rings is 1. The summed E-state index contributed by atoms with van der Waals surface area (Å²) in [5.41, 5.74) is -1.50. The fraction of sp³-hybridized carbons (Fsp3) is 0.385. The molecular formula is C13H12F3NO2. The molecule has 0 bridgehead atoms. The van der Waals surface area contributed by atoms with Crippen molar-refractivity contribution < 1.29 is 22.8 Å². The van der Waals surface area contributed by atoms with E-state index < -0.39 is 29.0 Å². The third kappa shape index (κ3) is 1.91. The van der Waals surface area contributed by atoms with Crippen LogP contribution >= 0.6 is 0 Å². The van der Waals surface area contributed by atoms with Gasteiger partial charge in [-0.05, 0) is 37.6 Å². The molecule has 3 nitrogen and oxygen atoms in total. The molecule has 0 saturated heterocycles. The summed E-state index contributed by atoms with van der Waals surface area (Å²) in [6.07, 6.45) is -4.47. The second-order valence-electron chi connectivity index (χ2n) is 5.01. The number of carbonyl (C=O) groups excluding carboxylic acids is 2. The zero-order chi connectivity index (χ0) is 14.6. The van der Waals surface area contributed by atoms with Crippen molar-refractivity contribution in [3.05, 3.63) is 29.3 Å². The van der Waals surface area contributed by atoms with E-state index in [4.69, 9.17) is 0 Å². The smallest absolute Gasteiger partial charge is 0.274 e. The molecule has 1 aliphatic heterocycles. The Morgan fingerprint density at radius 2 is 1.84 bits per heavy atom. The molecule has 2 rings (SSSR count). The largest absolute Gasteiger partial charge is 0.416 e. The van der Waals surface area contributed by atoms with Crippen LogP contribution in [0.2, 0.25) is 0 Å². The SMILES string of the molecule is CC(=O)N1C(=O)C(C)(C)c2cc(C(F)(F)F)ccc21. The van der Waals surface area contributed by atoms with E-state index in [2.05, 4.69) is 0 Å². The van der Waals surface area contributed by atoms with E-state index in [-0.39, 0.29) is 11.3 Å². The molecule has 0 aromatic heterocycles. The van der Waals surface area contributed by atoms with E-state index in [0.717, 1.165) is 17.0 Å². The van der Waals surface area contributed by atoms with E-state index in [9.17, 15) is 22.8 Å². The Morgan fingerprint density at radius 1 is 1.26 bits per heavy atom. The summed E-state index contributed by atoms with van der Waals surface area (Å²) in [6, 6.07) is 2.99. The molecule has 0 atom stereocenters. The number of rotatable bonds is 0. The maximum absolute atomic E-state index is 12.7. The number of carbonyl (C=O) groups is 2. The molecule has 0 spiro atoms. The molecule has 1 aromatic carbocycles. The zero-order valence-electron chi connectivity index (χ0n) is 10.6. The summed E-state index contributed by atoms with van der Waals surface area (Å²) in [7, 11) is 0. The third-order valence-corrected chi connectivity index (χ3v) is 3.29. The number of imide groups is 1. The van der Waals surface area contributed by atoms with Gasteiger partial charge in [-0.2, -0.15) is 13.2 Å². The van der Waals surface area contributed by atoms with Gasteiger partial charge >= 0.3 is 6.18 Å². The molecule has 6 heteroatoms. The first-order valence-corrected chi connectivity index (χ1v) is 5.63. The number of hydrogen-bond donors (Lipinski definition) is 0. The second-order valence-corrected chi connectivity index (χ2v) is 5.01. The van der Waals surface area contributed by atoms with Crippen LogP contribution in [0.15, 0.2) is 18.2 Å². The molecule has 0 fully saturated rings. The molecule has 0 unspecified atom stereocenters.